The Morgan fingerprint density at radius 2 is 2.22 bits per heavy atom. The van der Waals surface area contributed by atoms with Gasteiger partial charge in [-0.1, -0.05) is 12.1 Å². The third-order valence-electron chi connectivity index (χ3n) is 4.23. The SMILES string of the molecule is CN1CC[C@@H](CNC(=O)Nc2ccccn2)[C@@H]1c1cccnc1. The number of pyridine rings is 2. The molecular weight excluding hydrogens is 290 g/mol. The van der Waals surface area contributed by atoms with E-state index in [2.05, 4.69) is 38.6 Å². The van der Waals surface area contributed by atoms with E-state index in [0.717, 1.165) is 13.0 Å². The van der Waals surface area contributed by atoms with Crippen LogP contribution in [0.15, 0.2) is 48.9 Å². The minimum atomic E-state index is -0.219. The highest BCUT2D eigenvalue weighted by Crippen LogP contribution is 2.35. The molecule has 120 valence electrons. The Hall–Kier alpha value is -2.47. The Balaban J connectivity index is 1.58. The lowest BCUT2D eigenvalue weighted by atomic mass is 9.95. The molecule has 0 spiro atoms. The molecule has 1 aliphatic heterocycles. The lowest BCUT2D eigenvalue weighted by molar-refractivity contribution is 0.243. The smallest absolute Gasteiger partial charge is 0.320 e. The number of likely N-dealkylation sites (tertiary alicyclic amines) is 1. The van der Waals surface area contributed by atoms with E-state index in [4.69, 9.17) is 0 Å². The van der Waals surface area contributed by atoms with Gasteiger partial charge in [0.05, 0.1) is 0 Å². The minimum Gasteiger partial charge on any atom is -0.337 e. The molecule has 0 bridgehead atoms. The van der Waals surface area contributed by atoms with Crippen molar-refractivity contribution in [3.63, 3.8) is 0 Å². The zero-order valence-electron chi connectivity index (χ0n) is 13.1. The van der Waals surface area contributed by atoms with Crippen LogP contribution in [0.3, 0.4) is 0 Å². The van der Waals surface area contributed by atoms with Gasteiger partial charge in [-0.05, 0) is 49.7 Å². The molecule has 2 atom stereocenters. The Morgan fingerprint density at radius 1 is 1.30 bits per heavy atom. The lowest BCUT2D eigenvalue weighted by Crippen LogP contribution is -2.35. The highest BCUT2D eigenvalue weighted by atomic mass is 16.2. The fourth-order valence-electron chi connectivity index (χ4n) is 3.14. The number of nitrogens with zero attached hydrogens (tertiary/aromatic N) is 3. The second-order valence-corrected chi connectivity index (χ2v) is 5.81. The molecule has 23 heavy (non-hydrogen) atoms. The van der Waals surface area contributed by atoms with Crippen molar-refractivity contribution in [2.24, 2.45) is 5.92 Å². The first kappa shape index (κ1) is 15.4. The second kappa shape index (κ2) is 7.19. The molecule has 6 heteroatoms. The molecule has 1 aliphatic rings. The number of nitrogens with one attached hydrogen (secondary N) is 2. The van der Waals surface area contributed by atoms with Crippen LogP contribution in [-0.4, -0.2) is 41.0 Å². The molecule has 0 aromatic carbocycles. The van der Waals surface area contributed by atoms with Gasteiger partial charge in [0, 0.05) is 31.2 Å². The minimum absolute atomic E-state index is 0.219. The first-order valence-electron chi connectivity index (χ1n) is 7.80. The fraction of sp³-hybridized carbons (Fsp3) is 0.353. The Labute approximate surface area is 135 Å². The molecule has 0 aliphatic carbocycles. The van der Waals surface area contributed by atoms with Crippen LogP contribution in [0, 0.1) is 5.92 Å². The van der Waals surface area contributed by atoms with E-state index in [1.165, 1.54) is 5.56 Å². The second-order valence-electron chi connectivity index (χ2n) is 5.81. The maximum Gasteiger partial charge on any atom is 0.320 e. The largest absolute Gasteiger partial charge is 0.337 e. The van der Waals surface area contributed by atoms with Crippen molar-refractivity contribution in [1.29, 1.82) is 0 Å². The highest BCUT2D eigenvalue weighted by molar-refractivity contribution is 5.88. The quantitative estimate of drug-likeness (QED) is 0.909. The van der Waals surface area contributed by atoms with E-state index in [1.54, 1.807) is 18.5 Å². The molecule has 3 rings (SSSR count). The van der Waals surface area contributed by atoms with Crippen LogP contribution < -0.4 is 10.6 Å². The van der Waals surface area contributed by atoms with E-state index < -0.39 is 0 Å². The van der Waals surface area contributed by atoms with Crippen molar-refractivity contribution < 1.29 is 4.79 Å². The summed E-state index contributed by atoms with van der Waals surface area (Å²) in [7, 11) is 2.12. The average molecular weight is 311 g/mol. The van der Waals surface area contributed by atoms with E-state index >= 15 is 0 Å². The molecular formula is C17H21N5O. The molecule has 0 radical (unpaired) electrons. The molecule has 0 unspecified atom stereocenters. The van der Waals surface area contributed by atoms with E-state index in [-0.39, 0.29) is 6.03 Å². The summed E-state index contributed by atoms with van der Waals surface area (Å²) in [6, 6.07) is 9.55. The predicted octanol–water partition coefficient (Wildman–Crippen LogP) is 2.29. The zero-order valence-corrected chi connectivity index (χ0v) is 13.1. The highest BCUT2D eigenvalue weighted by Gasteiger charge is 2.33. The monoisotopic (exact) mass is 311 g/mol. The number of hydrogen-bond acceptors (Lipinski definition) is 4. The summed E-state index contributed by atoms with van der Waals surface area (Å²) in [5.74, 6) is 0.927. The molecule has 6 nitrogen and oxygen atoms in total. The lowest BCUT2D eigenvalue weighted by Gasteiger charge is -2.25. The van der Waals surface area contributed by atoms with E-state index in [0.29, 0.717) is 24.3 Å². The van der Waals surface area contributed by atoms with E-state index in [1.807, 2.05) is 24.4 Å². The number of carbonyl (C=O) groups excluding carboxylic acids is 1. The fourth-order valence-corrected chi connectivity index (χ4v) is 3.14. The summed E-state index contributed by atoms with van der Waals surface area (Å²) >= 11 is 0. The molecule has 2 aromatic heterocycles. The van der Waals surface area contributed by atoms with Gasteiger partial charge in [-0.15, -0.1) is 0 Å². The van der Waals surface area contributed by atoms with Crippen LogP contribution in [0.25, 0.3) is 0 Å². The van der Waals surface area contributed by atoms with Crippen molar-refractivity contribution in [3.8, 4) is 0 Å². The molecule has 1 saturated heterocycles. The van der Waals surface area contributed by atoms with Gasteiger partial charge in [-0.2, -0.15) is 0 Å². The zero-order chi connectivity index (χ0) is 16.1. The van der Waals surface area contributed by atoms with Gasteiger partial charge >= 0.3 is 6.03 Å². The summed E-state index contributed by atoms with van der Waals surface area (Å²) < 4.78 is 0. The van der Waals surface area contributed by atoms with Gasteiger partial charge in [0.25, 0.3) is 0 Å². The predicted molar refractivity (Wildman–Crippen MR) is 89.0 cm³/mol. The van der Waals surface area contributed by atoms with Gasteiger partial charge in [-0.25, -0.2) is 9.78 Å². The van der Waals surface area contributed by atoms with Crippen molar-refractivity contribution in [3.05, 3.63) is 54.5 Å². The number of anilines is 1. The third kappa shape index (κ3) is 3.84. The number of urea groups is 1. The van der Waals surface area contributed by atoms with Gasteiger partial charge < -0.3 is 5.32 Å². The summed E-state index contributed by atoms with van der Waals surface area (Å²) in [6.07, 6.45) is 6.40. The van der Waals surface area contributed by atoms with Crippen LogP contribution in [0.1, 0.15) is 18.0 Å². The molecule has 2 aromatic rings. The van der Waals surface area contributed by atoms with E-state index in [9.17, 15) is 4.79 Å². The van der Waals surface area contributed by atoms with Gasteiger partial charge in [-0.3, -0.25) is 15.2 Å². The normalized spacial score (nSPS) is 21.1. The number of hydrogen-bond donors (Lipinski definition) is 2. The standard InChI is InChI=1S/C17H21N5O/c1-22-10-7-14(16(22)13-5-4-8-18-11-13)12-20-17(23)21-15-6-2-3-9-19-15/h2-6,8-9,11,14,16H,7,10,12H2,1H3,(H2,19,20,21,23)/t14-,16-/m0/s1. The topological polar surface area (TPSA) is 70.2 Å². The number of amides is 2. The Morgan fingerprint density at radius 3 is 2.96 bits per heavy atom. The van der Waals surface area contributed by atoms with Crippen molar-refractivity contribution in [2.45, 2.75) is 12.5 Å². The summed E-state index contributed by atoms with van der Waals surface area (Å²) in [6.45, 7) is 1.65. The van der Waals surface area contributed by atoms with Crippen LogP contribution in [0.2, 0.25) is 0 Å². The van der Waals surface area contributed by atoms with Crippen LogP contribution in [0.5, 0.6) is 0 Å². The molecule has 2 amide bonds. The maximum absolute atomic E-state index is 12.0. The first-order chi connectivity index (χ1) is 11.2. The maximum atomic E-state index is 12.0. The van der Waals surface area contributed by atoms with Crippen molar-refractivity contribution in [1.82, 2.24) is 20.2 Å². The number of aromatic nitrogens is 2. The van der Waals surface area contributed by atoms with Gasteiger partial charge in [0.2, 0.25) is 0 Å². The molecule has 3 heterocycles. The summed E-state index contributed by atoms with van der Waals surface area (Å²) in [5.41, 5.74) is 1.20. The van der Waals surface area contributed by atoms with Crippen LogP contribution >= 0.6 is 0 Å². The van der Waals surface area contributed by atoms with Gasteiger partial charge in [0.15, 0.2) is 0 Å². The van der Waals surface area contributed by atoms with Crippen LogP contribution in [-0.2, 0) is 0 Å². The average Bonchev–Trinajstić information content (AvgIpc) is 2.95. The molecule has 0 saturated carbocycles. The molecule has 2 N–H and O–H groups in total. The summed E-state index contributed by atoms with van der Waals surface area (Å²) in [4.78, 5) is 22.6. The first-order valence-corrected chi connectivity index (χ1v) is 7.80. The number of rotatable bonds is 4. The Bertz CT molecular complexity index is 634. The third-order valence-corrected chi connectivity index (χ3v) is 4.23. The van der Waals surface area contributed by atoms with Crippen molar-refractivity contribution in [2.75, 3.05) is 25.5 Å². The Kier molecular flexibility index (Phi) is 4.83. The van der Waals surface area contributed by atoms with Crippen LogP contribution in [0.4, 0.5) is 10.6 Å². The van der Waals surface area contributed by atoms with Crippen molar-refractivity contribution >= 4 is 11.8 Å². The molecule has 1 fully saturated rings. The van der Waals surface area contributed by atoms with Gasteiger partial charge in [0.1, 0.15) is 5.82 Å². The number of carbonyl (C=O) groups is 1. The summed E-state index contributed by atoms with van der Waals surface area (Å²) in [5, 5.41) is 5.70.